The zero-order valence-electron chi connectivity index (χ0n) is 11.5. The Morgan fingerprint density at radius 3 is 2.76 bits per heavy atom. The van der Waals surface area contributed by atoms with Crippen molar-refractivity contribution in [2.75, 3.05) is 13.2 Å². The molecule has 0 unspecified atom stereocenters. The van der Waals surface area contributed by atoms with Gasteiger partial charge < -0.3 is 14.6 Å². The van der Waals surface area contributed by atoms with Crippen LogP contribution in [-0.2, 0) is 20.7 Å². The molecule has 1 heterocycles. The SMILES string of the molecule is CCOC(=O)C(=O)NCCc1nc(-c2ccccc2)no1. The van der Waals surface area contributed by atoms with Crippen LogP contribution in [0.3, 0.4) is 0 Å². The summed E-state index contributed by atoms with van der Waals surface area (Å²) in [6.07, 6.45) is 0.338. The number of esters is 1. The van der Waals surface area contributed by atoms with Gasteiger partial charge in [-0.25, -0.2) is 4.79 Å². The Morgan fingerprint density at radius 1 is 1.29 bits per heavy atom. The maximum Gasteiger partial charge on any atom is 0.396 e. The maximum absolute atomic E-state index is 11.3. The number of hydrogen-bond acceptors (Lipinski definition) is 6. The molecule has 0 saturated heterocycles. The molecule has 1 N–H and O–H groups in total. The Morgan fingerprint density at radius 2 is 2.05 bits per heavy atom. The Labute approximate surface area is 121 Å². The van der Waals surface area contributed by atoms with E-state index in [2.05, 4.69) is 20.2 Å². The van der Waals surface area contributed by atoms with Crippen LogP contribution in [0.1, 0.15) is 12.8 Å². The molecule has 0 spiro atoms. The van der Waals surface area contributed by atoms with E-state index in [1.165, 1.54) is 0 Å². The molecule has 21 heavy (non-hydrogen) atoms. The van der Waals surface area contributed by atoms with Crippen molar-refractivity contribution in [3.8, 4) is 11.4 Å². The molecule has 0 saturated carbocycles. The van der Waals surface area contributed by atoms with Gasteiger partial charge in [0.05, 0.1) is 6.61 Å². The van der Waals surface area contributed by atoms with Crippen molar-refractivity contribution >= 4 is 11.9 Å². The number of rotatable bonds is 5. The van der Waals surface area contributed by atoms with E-state index in [0.717, 1.165) is 5.56 Å². The molecule has 0 aliphatic rings. The number of benzene rings is 1. The van der Waals surface area contributed by atoms with Crippen LogP contribution in [0.2, 0.25) is 0 Å². The number of nitrogens with zero attached hydrogens (tertiary/aromatic N) is 2. The molecule has 2 rings (SSSR count). The van der Waals surface area contributed by atoms with Crippen molar-refractivity contribution in [3.05, 3.63) is 36.2 Å². The third kappa shape index (κ3) is 4.13. The van der Waals surface area contributed by atoms with Gasteiger partial charge in [-0.3, -0.25) is 4.79 Å². The van der Waals surface area contributed by atoms with Crippen molar-refractivity contribution < 1.29 is 18.8 Å². The van der Waals surface area contributed by atoms with E-state index >= 15 is 0 Å². The van der Waals surface area contributed by atoms with Crippen molar-refractivity contribution in [2.45, 2.75) is 13.3 Å². The van der Waals surface area contributed by atoms with E-state index in [0.29, 0.717) is 18.1 Å². The highest BCUT2D eigenvalue weighted by Gasteiger charge is 2.14. The quantitative estimate of drug-likeness (QED) is 0.650. The summed E-state index contributed by atoms with van der Waals surface area (Å²) in [6.45, 7) is 2.01. The average molecular weight is 289 g/mol. The lowest BCUT2D eigenvalue weighted by Crippen LogP contribution is -2.33. The molecule has 0 bridgehead atoms. The van der Waals surface area contributed by atoms with E-state index in [1.54, 1.807) is 6.92 Å². The van der Waals surface area contributed by atoms with E-state index in [9.17, 15) is 9.59 Å². The zero-order chi connectivity index (χ0) is 15.1. The lowest BCUT2D eigenvalue weighted by Gasteiger charge is -2.02. The van der Waals surface area contributed by atoms with Gasteiger partial charge in [-0.2, -0.15) is 4.98 Å². The summed E-state index contributed by atoms with van der Waals surface area (Å²) < 4.78 is 9.65. The number of carbonyl (C=O) groups excluding carboxylic acids is 2. The lowest BCUT2D eigenvalue weighted by molar-refractivity contribution is -0.154. The predicted molar refractivity (Wildman–Crippen MR) is 73.1 cm³/mol. The monoisotopic (exact) mass is 289 g/mol. The van der Waals surface area contributed by atoms with Crippen LogP contribution < -0.4 is 5.32 Å². The highest BCUT2D eigenvalue weighted by atomic mass is 16.5. The number of nitrogens with one attached hydrogen (secondary N) is 1. The topological polar surface area (TPSA) is 94.3 Å². The highest BCUT2D eigenvalue weighted by Crippen LogP contribution is 2.14. The van der Waals surface area contributed by atoms with Crippen LogP contribution in [0.5, 0.6) is 0 Å². The predicted octanol–water partition coefficient (Wildman–Crippen LogP) is 0.958. The van der Waals surface area contributed by atoms with Crippen LogP contribution in [0.15, 0.2) is 34.9 Å². The van der Waals surface area contributed by atoms with Crippen molar-refractivity contribution in [3.63, 3.8) is 0 Å². The smallest absolute Gasteiger partial charge is 0.396 e. The summed E-state index contributed by atoms with van der Waals surface area (Å²) in [4.78, 5) is 26.6. The normalized spacial score (nSPS) is 10.1. The molecule has 0 radical (unpaired) electrons. The van der Waals surface area contributed by atoms with Crippen LogP contribution in [0.4, 0.5) is 0 Å². The van der Waals surface area contributed by atoms with E-state index in [4.69, 9.17) is 4.52 Å². The Hall–Kier alpha value is -2.70. The second-order valence-corrected chi connectivity index (χ2v) is 4.10. The largest absolute Gasteiger partial charge is 0.459 e. The molecule has 1 amide bonds. The Bertz CT molecular complexity index is 610. The van der Waals surface area contributed by atoms with Crippen LogP contribution in [-0.4, -0.2) is 35.2 Å². The molecule has 0 aliphatic heterocycles. The van der Waals surface area contributed by atoms with Crippen LogP contribution >= 0.6 is 0 Å². The van der Waals surface area contributed by atoms with Gasteiger partial charge in [-0.15, -0.1) is 0 Å². The van der Waals surface area contributed by atoms with E-state index < -0.39 is 11.9 Å². The summed E-state index contributed by atoms with van der Waals surface area (Å²) in [5, 5.41) is 6.28. The first kappa shape index (κ1) is 14.7. The molecule has 7 heteroatoms. The number of amides is 1. The molecule has 0 atom stereocenters. The number of ether oxygens (including phenoxy) is 1. The summed E-state index contributed by atoms with van der Waals surface area (Å²) in [5.41, 5.74) is 0.850. The van der Waals surface area contributed by atoms with Gasteiger partial charge in [0.2, 0.25) is 11.7 Å². The van der Waals surface area contributed by atoms with Gasteiger partial charge in [0.25, 0.3) is 0 Å². The summed E-state index contributed by atoms with van der Waals surface area (Å²) >= 11 is 0. The third-order valence-electron chi connectivity index (χ3n) is 2.59. The number of carbonyl (C=O) groups is 2. The average Bonchev–Trinajstić information content (AvgIpc) is 2.97. The standard InChI is InChI=1S/C14H15N3O4/c1-2-20-14(19)13(18)15-9-8-11-16-12(17-21-11)10-6-4-3-5-7-10/h3-7H,2,8-9H2,1H3,(H,15,18). The van der Waals surface area contributed by atoms with Crippen molar-refractivity contribution in [1.82, 2.24) is 15.5 Å². The van der Waals surface area contributed by atoms with Crippen molar-refractivity contribution in [1.29, 1.82) is 0 Å². The van der Waals surface area contributed by atoms with Gasteiger partial charge >= 0.3 is 11.9 Å². The second-order valence-electron chi connectivity index (χ2n) is 4.10. The zero-order valence-corrected chi connectivity index (χ0v) is 11.5. The summed E-state index contributed by atoms with van der Waals surface area (Å²) in [5.74, 6) is -0.798. The minimum atomic E-state index is -0.895. The van der Waals surface area contributed by atoms with Gasteiger partial charge in [0, 0.05) is 18.5 Å². The van der Waals surface area contributed by atoms with Gasteiger partial charge in [0.1, 0.15) is 0 Å². The molecule has 1 aromatic carbocycles. The molecule has 0 aliphatic carbocycles. The molecular weight excluding hydrogens is 274 g/mol. The maximum atomic E-state index is 11.3. The van der Waals surface area contributed by atoms with E-state index in [-0.39, 0.29) is 13.2 Å². The van der Waals surface area contributed by atoms with Crippen LogP contribution in [0.25, 0.3) is 11.4 Å². The number of aromatic nitrogens is 2. The fraction of sp³-hybridized carbons (Fsp3) is 0.286. The van der Waals surface area contributed by atoms with Gasteiger partial charge in [-0.05, 0) is 6.92 Å². The minimum absolute atomic E-state index is 0.163. The lowest BCUT2D eigenvalue weighted by atomic mass is 10.2. The Balaban J connectivity index is 1.84. The second kappa shape index (κ2) is 7.18. The van der Waals surface area contributed by atoms with Crippen molar-refractivity contribution in [2.24, 2.45) is 0 Å². The Kier molecular flexibility index (Phi) is 5.03. The molecule has 7 nitrogen and oxygen atoms in total. The first-order chi connectivity index (χ1) is 10.2. The van der Waals surface area contributed by atoms with Gasteiger partial charge in [-0.1, -0.05) is 35.5 Å². The molecule has 1 aromatic heterocycles. The van der Waals surface area contributed by atoms with Crippen LogP contribution in [0, 0.1) is 0 Å². The minimum Gasteiger partial charge on any atom is -0.459 e. The summed E-state index contributed by atoms with van der Waals surface area (Å²) in [6, 6.07) is 9.40. The third-order valence-corrected chi connectivity index (χ3v) is 2.59. The summed E-state index contributed by atoms with van der Waals surface area (Å²) in [7, 11) is 0. The number of hydrogen-bond donors (Lipinski definition) is 1. The first-order valence-corrected chi connectivity index (χ1v) is 6.53. The fourth-order valence-electron chi connectivity index (χ4n) is 1.61. The highest BCUT2D eigenvalue weighted by molar-refractivity contribution is 6.32. The fourth-order valence-corrected chi connectivity index (χ4v) is 1.61. The molecular formula is C14H15N3O4. The molecule has 110 valence electrons. The first-order valence-electron chi connectivity index (χ1n) is 6.53. The molecule has 2 aromatic rings. The van der Waals surface area contributed by atoms with Gasteiger partial charge in [0.15, 0.2) is 0 Å². The molecule has 0 fully saturated rings. The van der Waals surface area contributed by atoms with E-state index in [1.807, 2.05) is 30.3 Å².